The predicted octanol–water partition coefficient (Wildman–Crippen LogP) is 3.89. The summed E-state index contributed by atoms with van der Waals surface area (Å²) in [6.45, 7) is 0.552. The quantitative estimate of drug-likeness (QED) is 0.899. The van der Waals surface area contributed by atoms with Crippen LogP contribution < -0.4 is 5.32 Å². The van der Waals surface area contributed by atoms with Crippen molar-refractivity contribution in [2.75, 3.05) is 6.54 Å². The summed E-state index contributed by atoms with van der Waals surface area (Å²) < 4.78 is 37.3. The number of benzene rings is 1. The Kier molecular flexibility index (Phi) is 4.04. The highest BCUT2D eigenvalue weighted by atomic mass is 35.5. The first-order valence-corrected chi connectivity index (χ1v) is 6.40. The van der Waals surface area contributed by atoms with Crippen LogP contribution in [0.3, 0.4) is 0 Å². The normalized spacial score (nSPS) is 16.0. The number of carbonyl (C=O) groups excluding carboxylic acids is 1. The Hall–Kier alpha value is -1.23. The molecule has 1 aliphatic rings. The van der Waals surface area contributed by atoms with Crippen molar-refractivity contribution in [3.8, 4) is 0 Å². The van der Waals surface area contributed by atoms with Crippen molar-refractivity contribution in [2.45, 2.75) is 25.4 Å². The second kappa shape index (κ2) is 5.41. The van der Waals surface area contributed by atoms with Crippen LogP contribution in [0, 0.1) is 5.92 Å². The van der Waals surface area contributed by atoms with Crippen LogP contribution in [0.15, 0.2) is 18.2 Å². The standard InChI is InChI=1S/C13H13ClF3NO/c14-11-6-9(13(15,16)17)4-5-10(11)12(19)18-7-8-2-1-3-8/h4-6,8H,1-3,7H2,(H,18,19). The number of halogens is 4. The molecule has 2 nitrogen and oxygen atoms in total. The second-order valence-electron chi connectivity index (χ2n) is 4.70. The molecule has 0 aromatic heterocycles. The van der Waals surface area contributed by atoms with E-state index in [9.17, 15) is 18.0 Å². The van der Waals surface area contributed by atoms with Gasteiger partial charge in [-0.2, -0.15) is 13.2 Å². The topological polar surface area (TPSA) is 29.1 Å². The summed E-state index contributed by atoms with van der Waals surface area (Å²) in [4.78, 5) is 11.8. The molecule has 1 N–H and O–H groups in total. The molecule has 1 saturated carbocycles. The molecule has 104 valence electrons. The molecule has 6 heteroatoms. The molecule has 19 heavy (non-hydrogen) atoms. The molecular weight excluding hydrogens is 279 g/mol. The number of hydrogen-bond donors (Lipinski definition) is 1. The summed E-state index contributed by atoms with van der Waals surface area (Å²) >= 11 is 5.73. The smallest absolute Gasteiger partial charge is 0.352 e. The first kappa shape index (κ1) is 14.2. The lowest BCUT2D eigenvalue weighted by Gasteiger charge is -2.25. The van der Waals surface area contributed by atoms with E-state index >= 15 is 0 Å². The van der Waals surface area contributed by atoms with Crippen molar-refractivity contribution in [3.63, 3.8) is 0 Å². The molecule has 0 bridgehead atoms. The number of nitrogens with one attached hydrogen (secondary N) is 1. The fourth-order valence-corrected chi connectivity index (χ4v) is 2.17. The minimum atomic E-state index is -4.45. The van der Waals surface area contributed by atoms with Crippen molar-refractivity contribution >= 4 is 17.5 Å². The van der Waals surface area contributed by atoms with E-state index in [1.54, 1.807) is 0 Å². The SMILES string of the molecule is O=C(NCC1CCC1)c1ccc(C(F)(F)F)cc1Cl. The maximum atomic E-state index is 12.4. The minimum Gasteiger partial charge on any atom is -0.352 e. The molecule has 0 radical (unpaired) electrons. The van der Waals surface area contributed by atoms with Crippen molar-refractivity contribution in [2.24, 2.45) is 5.92 Å². The van der Waals surface area contributed by atoms with E-state index in [-0.39, 0.29) is 10.6 Å². The van der Waals surface area contributed by atoms with Gasteiger partial charge in [-0.05, 0) is 37.0 Å². The molecule has 1 fully saturated rings. The Morgan fingerprint density at radius 3 is 2.53 bits per heavy atom. The van der Waals surface area contributed by atoms with E-state index in [1.165, 1.54) is 6.42 Å². The van der Waals surface area contributed by atoms with Crippen molar-refractivity contribution in [1.82, 2.24) is 5.32 Å². The molecule has 1 aromatic carbocycles. The van der Waals surface area contributed by atoms with Gasteiger partial charge in [0.2, 0.25) is 0 Å². The van der Waals surface area contributed by atoms with Gasteiger partial charge in [0.05, 0.1) is 16.1 Å². The molecule has 0 saturated heterocycles. The first-order chi connectivity index (χ1) is 8.88. The molecule has 1 aliphatic carbocycles. The van der Waals surface area contributed by atoms with Crippen LogP contribution in [-0.2, 0) is 6.18 Å². The van der Waals surface area contributed by atoms with Gasteiger partial charge in [0, 0.05) is 6.54 Å². The molecular formula is C13H13ClF3NO. The van der Waals surface area contributed by atoms with Crippen molar-refractivity contribution in [3.05, 3.63) is 34.3 Å². The predicted molar refractivity (Wildman–Crippen MR) is 66.1 cm³/mol. The van der Waals surface area contributed by atoms with Gasteiger partial charge in [0.15, 0.2) is 0 Å². The van der Waals surface area contributed by atoms with E-state index in [2.05, 4.69) is 5.32 Å². The summed E-state index contributed by atoms with van der Waals surface area (Å²) in [5.41, 5.74) is -0.776. The summed E-state index contributed by atoms with van der Waals surface area (Å²) in [7, 11) is 0. The Labute approximate surface area is 113 Å². The number of alkyl halides is 3. The molecule has 1 aromatic rings. The van der Waals surface area contributed by atoms with E-state index in [1.807, 2.05) is 0 Å². The third-order valence-corrected chi connectivity index (χ3v) is 3.63. The summed E-state index contributed by atoms with van der Waals surface area (Å²) in [6, 6.07) is 2.76. The monoisotopic (exact) mass is 291 g/mol. The zero-order valence-electron chi connectivity index (χ0n) is 10.1. The minimum absolute atomic E-state index is 0.0778. The fraction of sp³-hybridized carbons (Fsp3) is 0.462. The summed E-state index contributed by atoms with van der Waals surface area (Å²) in [5, 5.41) is 2.52. The third-order valence-electron chi connectivity index (χ3n) is 3.32. The lowest BCUT2D eigenvalue weighted by molar-refractivity contribution is -0.137. The van der Waals surface area contributed by atoms with Crippen LogP contribution in [0.4, 0.5) is 13.2 Å². The number of rotatable bonds is 3. The van der Waals surface area contributed by atoms with Crippen LogP contribution >= 0.6 is 11.6 Å². The van der Waals surface area contributed by atoms with Gasteiger partial charge in [0.1, 0.15) is 0 Å². The van der Waals surface area contributed by atoms with E-state index < -0.39 is 17.6 Å². The Morgan fingerprint density at radius 1 is 1.37 bits per heavy atom. The maximum absolute atomic E-state index is 12.4. The summed E-state index contributed by atoms with van der Waals surface area (Å²) in [5.74, 6) is 0.0581. The van der Waals surface area contributed by atoms with Gasteiger partial charge in [-0.15, -0.1) is 0 Å². The van der Waals surface area contributed by atoms with Gasteiger partial charge in [-0.25, -0.2) is 0 Å². The van der Waals surface area contributed by atoms with Crippen LogP contribution in [0.2, 0.25) is 5.02 Å². The molecule has 0 heterocycles. The highest BCUT2D eigenvalue weighted by molar-refractivity contribution is 6.33. The zero-order valence-corrected chi connectivity index (χ0v) is 10.8. The molecule has 0 aliphatic heterocycles. The highest BCUT2D eigenvalue weighted by Crippen LogP contribution is 2.32. The van der Waals surface area contributed by atoms with Crippen LogP contribution in [0.5, 0.6) is 0 Å². The van der Waals surface area contributed by atoms with Gasteiger partial charge in [0.25, 0.3) is 5.91 Å². The average molecular weight is 292 g/mol. The Bertz CT molecular complexity index is 483. The number of carbonyl (C=O) groups is 1. The zero-order chi connectivity index (χ0) is 14.0. The van der Waals surface area contributed by atoms with Crippen molar-refractivity contribution in [1.29, 1.82) is 0 Å². The lowest BCUT2D eigenvalue weighted by atomic mass is 9.85. The van der Waals surface area contributed by atoms with Crippen LogP contribution in [0.1, 0.15) is 35.2 Å². The van der Waals surface area contributed by atoms with Gasteiger partial charge in [-0.3, -0.25) is 4.79 Å². The van der Waals surface area contributed by atoms with Gasteiger partial charge < -0.3 is 5.32 Å². The van der Waals surface area contributed by atoms with Gasteiger partial charge >= 0.3 is 6.18 Å². The highest BCUT2D eigenvalue weighted by Gasteiger charge is 2.31. The van der Waals surface area contributed by atoms with E-state index in [4.69, 9.17) is 11.6 Å². The summed E-state index contributed by atoms with van der Waals surface area (Å²) in [6.07, 6.45) is -1.12. The van der Waals surface area contributed by atoms with Crippen LogP contribution in [-0.4, -0.2) is 12.5 Å². The maximum Gasteiger partial charge on any atom is 0.416 e. The molecule has 0 unspecified atom stereocenters. The lowest BCUT2D eigenvalue weighted by Crippen LogP contribution is -2.32. The molecule has 0 spiro atoms. The van der Waals surface area contributed by atoms with E-state index in [0.717, 1.165) is 31.0 Å². The number of hydrogen-bond acceptors (Lipinski definition) is 1. The largest absolute Gasteiger partial charge is 0.416 e. The third kappa shape index (κ3) is 3.41. The fourth-order valence-electron chi connectivity index (χ4n) is 1.90. The molecule has 0 atom stereocenters. The van der Waals surface area contributed by atoms with E-state index in [0.29, 0.717) is 12.5 Å². The Morgan fingerprint density at radius 2 is 2.05 bits per heavy atom. The van der Waals surface area contributed by atoms with Crippen LogP contribution in [0.25, 0.3) is 0 Å². The molecule has 1 amide bonds. The Balaban J connectivity index is 2.05. The number of amides is 1. The van der Waals surface area contributed by atoms with Crippen molar-refractivity contribution < 1.29 is 18.0 Å². The van der Waals surface area contributed by atoms with Gasteiger partial charge in [-0.1, -0.05) is 18.0 Å². The average Bonchev–Trinajstić information content (AvgIpc) is 2.25. The first-order valence-electron chi connectivity index (χ1n) is 6.03. The molecule has 2 rings (SSSR count). The second-order valence-corrected chi connectivity index (χ2v) is 5.11.